The SMILES string of the molecule is c1ccc(Nc2nc(-c3cnccn3)cs2)nc1. The Labute approximate surface area is 108 Å². The number of anilines is 2. The van der Waals surface area contributed by atoms with E-state index >= 15 is 0 Å². The van der Waals surface area contributed by atoms with Crippen LogP contribution in [0, 0.1) is 0 Å². The fraction of sp³-hybridized carbons (Fsp3) is 0. The molecule has 3 heterocycles. The minimum absolute atomic E-state index is 0.767. The molecule has 0 atom stereocenters. The van der Waals surface area contributed by atoms with E-state index in [1.165, 1.54) is 11.3 Å². The third-order valence-corrected chi connectivity index (χ3v) is 2.99. The lowest BCUT2D eigenvalue weighted by Gasteiger charge is -1.99. The zero-order chi connectivity index (χ0) is 12.2. The average molecular weight is 255 g/mol. The van der Waals surface area contributed by atoms with Gasteiger partial charge in [0.2, 0.25) is 0 Å². The second kappa shape index (κ2) is 4.89. The lowest BCUT2D eigenvalue weighted by molar-refractivity contribution is 1.19. The van der Waals surface area contributed by atoms with E-state index in [1.807, 2.05) is 23.6 Å². The molecule has 3 aromatic heterocycles. The number of aromatic nitrogens is 4. The summed E-state index contributed by atoms with van der Waals surface area (Å²) in [6.07, 6.45) is 6.72. The van der Waals surface area contributed by atoms with E-state index < -0.39 is 0 Å². The number of rotatable bonds is 3. The zero-order valence-corrected chi connectivity index (χ0v) is 10.1. The molecule has 0 aliphatic rings. The third-order valence-electron chi connectivity index (χ3n) is 2.23. The molecule has 0 aromatic carbocycles. The Hall–Kier alpha value is -2.34. The fourth-order valence-corrected chi connectivity index (χ4v) is 2.14. The molecule has 0 saturated carbocycles. The zero-order valence-electron chi connectivity index (χ0n) is 9.32. The Kier molecular flexibility index (Phi) is 2.93. The topological polar surface area (TPSA) is 63.6 Å². The first kappa shape index (κ1) is 10.8. The number of nitrogens with zero attached hydrogens (tertiary/aromatic N) is 4. The van der Waals surface area contributed by atoms with E-state index in [-0.39, 0.29) is 0 Å². The van der Waals surface area contributed by atoms with Crippen LogP contribution in [0.4, 0.5) is 10.9 Å². The monoisotopic (exact) mass is 255 g/mol. The maximum atomic E-state index is 4.44. The van der Waals surface area contributed by atoms with Crippen molar-refractivity contribution >= 4 is 22.3 Å². The maximum Gasteiger partial charge on any atom is 0.188 e. The predicted octanol–water partition coefficient (Wildman–Crippen LogP) is 2.74. The molecule has 3 rings (SSSR count). The Morgan fingerprint density at radius 1 is 1.00 bits per heavy atom. The van der Waals surface area contributed by atoms with Gasteiger partial charge >= 0.3 is 0 Å². The molecule has 0 amide bonds. The van der Waals surface area contributed by atoms with E-state index in [0.29, 0.717) is 0 Å². The number of hydrogen-bond donors (Lipinski definition) is 1. The molecule has 0 radical (unpaired) electrons. The number of thiazole rings is 1. The van der Waals surface area contributed by atoms with Gasteiger partial charge in [-0.3, -0.25) is 9.97 Å². The van der Waals surface area contributed by atoms with Gasteiger partial charge in [-0.15, -0.1) is 11.3 Å². The minimum Gasteiger partial charge on any atom is -0.316 e. The summed E-state index contributed by atoms with van der Waals surface area (Å²) < 4.78 is 0. The standard InChI is InChI=1S/C12H9N5S/c1-2-4-15-11(3-1)17-12-16-10(8-18-12)9-7-13-5-6-14-9/h1-8H,(H,15,16,17). The van der Waals surface area contributed by atoms with Crippen molar-refractivity contribution in [2.24, 2.45) is 0 Å². The average Bonchev–Trinajstić information content (AvgIpc) is 2.89. The van der Waals surface area contributed by atoms with Crippen molar-refractivity contribution < 1.29 is 0 Å². The first-order valence-electron chi connectivity index (χ1n) is 5.32. The summed E-state index contributed by atoms with van der Waals surface area (Å²) in [7, 11) is 0. The molecular weight excluding hydrogens is 246 g/mol. The maximum absolute atomic E-state index is 4.44. The van der Waals surface area contributed by atoms with Gasteiger partial charge in [0, 0.05) is 24.0 Å². The highest BCUT2D eigenvalue weighted by atomic mass is 32.1. The van der Waals surface area contributed by atoms with Crippen LogP contribution >= 0.6 is 11.3 Å². The summed E-state index contributed by atoms with van der Waals surface area (Å²) in [5.74, 6) is 0.776. The molecule has 5 nitrogen and oxygen atoms in total. The molecule has 0 fully saturated rings. The molecule has 18 heavy (non-hydrogen) atoms. The van der Waals surface area contributed by atoms with Crippen molar-refractivity contribution in [2.45, 2.75) is 0 Å². The first-order valence-corrected chi connectivity index (χ1v) is 6.20. The van der Waals surface area contributed by atoms with Gasteiger partial charge in [-0.25, -0.2) is 9.97 Å². The van der Waals surface area contributed by atoms with Gasteiger partial charge in [0.15, 0.2) is 5.13 Å². The van der Waals surface area contributed by atoms with Gasteiger partial charge in [0.05, 0.1) is 6.20 Å². The Balaban J connectivity index is 1.82. The van der Waals surface area contributed by atoms with E-state index in [1.54, 1.807) is 24.8 Å². The normalized spacial score (nSPS) is 10.2. The van der Waals surface area contributed by atoms with Crippen LogP contribution in [-0.4, -0.2) is 19.9 Å². The predicted molar refractivity (Wildman–Crippen MR) is 70.7 cm³/mol. The highest BCUT2D eigenvalue weighted by Crippen LogP contribution is 2.24. The molecule has 0 aliphatic heterocycles. The summed E-state index contributed by atoms with van der Waals surface area (Å²) in [5, 5.41) is 5.87. The molecule has 3 aromatic rings. The van der Waals surface area contributed by atoms with Crippen LogP contribution in [0.5, 0.6) is 0 Å². The van der Waals surface area contributed by atoms with Crippen molar-refractivity contribution in [3.8, 4) is 11.4 Å². The van der Waals surface area contributed by atoms with Gasteiger partial charge in [-0.1, -0.05) is 6.07 Å². The summed E-state index contributed by atoms with van der Waals surface area (Å²) in [6, 6.07) is 5.69. The van der Waals surface area contributed by atoms with Crippen LogP contribution in [0.15, 0.2) is 48.4 Å². The molecule has 0 spiro atoms. The van der Waals surface area contributed by atoms with E-state index in [4.69, 9.17) is 0 Å². The Morgan fingerprint density at radius 2 is 2.00 bits per heavy atom. The highest BCUT2D eigenvalue weighted by molar-refractivity contribution is 7.14. The quantitative estimate of drug-likeness (QED) is 0.779. The van der Waals surface area contributed by atoms with Crippen molar-refractivity contribution in [2.75, 3.05) is 5.32 Å². The van der Waals surface area contributed by atoms with Crippen LogP contribution in [-0.2, 0) is 0 Å². The van der Waals surface area contributed by atoms with Gasteiger partial charge < -0.3 is 5.32 Å². The Morgan fingerprint density at radius 3 is 2.78 bits per heavy atom. The number of nitrogens with one attached hydrogen (secondary N) is 1. The van der Waals surface area contributed by atoms with Crippen molar-refractivity contribution in [3.63, 3.8) is 0 Å². The van der Waals surface area contributed by atoms with Gasteiger partial charge in [-0.2, -0.15) is 0 Å². The number of pyridine rings is 1. The summed E-state index contributed by atoms with van der Waals surface area (Å²) in [6.45, 7) is 0. The lowest BCUT2D eigenvalue weighted by Crippen LogP contribution is -1.92. The van der Waals surface area contributed by atoms with Crippen molar-refractivity contribution in [1.29, 1.82) is 0 Å². The van der Waals surface area contributed by atoms with Crippen molar-refractivity contribution in [3.05, 3.63) is 48.4 Å². The summed E-state index contributed by atoms with van der Waals surface area (Å²) >= 11 is 1.51. The molecule has 88 valence electrons. The first-order chi connectivity index (χ1) is 8.92. The van der Waals surface area contributed by atoms with Gasteiger partial charge in [0.1, 0.15) is 17.2 Å². The van der Waals surface area contributed by atoms with Crippen molar-refractivity contribution in [1.82, 2.24) is 19.9 Å². The lowest BCUT2D eigenvalue weighted by atomic mass is 10.4. The Bertz CT molecular complexity index is 623. The van der Waals surface area contributed by atoms with Crippen LogP contribution in [0.2, 0.25) is 0 Å². The summed E-state index contributed by atoms with van der Waals surface area (Å²) in [5.41, 5.74) is 1.58. The number of hydrogen-bond acceptors (Lipinski definition) is 6. The van der Waals surface area contributed by atoms with E-state index in [9.17, 15) is 0 Å². The van der Waals surface area contributed by atoms with E-state index in [2.05, 4.69) is 25.3 Å². The second-order valence-corrected chi connectivity index (χ2v) is 4.33. The highest BCUT2D eigenvalue weighted by Gasteiger charge is 2.05. The largest absolute Gasteiger partial charge is 0.316 e. The van der Waals surface area contributed by atoms with Crippen LogP contribution in [0.3, 0.4) is 0 Å². The van der Waals surface area contributed by atoms with Gasteiger partial charge in [-0.05, 0) is 12.1 Å². The molecular formula is C12H9N5S. The molecule has 0 unspecified atom stereocenters. The molecule has 1 N–H and O–H groups in total. The summed E-state index contributed by atoms with van der Waals surface area (Å²) in [4.78, 5) is 16.9. The molecule has 0 bridgehead atoms. The molecule has 6 heteroatoms. The van der Waals surface area contributed by atoms with Crippen LogP contribution in [0.25, 0.3) is 11.4 Å². The van der Waals surface area contributed by atoms with Crippen LogP contribution < -0.4 is 5.32 Å². The smallest absolute Gasteiger partial charge is 0.188 e. The molecule has 0 saturated heterocycles. The van der Waals surface area contributed by atoms with Gasteiger partial charge in [0.25, 0.3) is 0 Å². The molecule has 0 aliphatic carbocycles. The second-order valence-electron chi connectivity index (χ2n) is 3.47. The van der Waals surface area contributed by atoms with E-state index in [0.717, 1.165) is 22.3 Å². The minimum atomic E-state index is 0.767. The fourth-order valence-electron chi connectivity index (χ4n) is 1.43. The van der Waals surface area contributed by atoms with Crippen LogP contribution in [0.1, 0.15) is 0 Å². The third kappa shape index (κ3) is 2.33.